The largest absolute Gasteiger partial charge is 0.355 e. The number of para-hydroxylation sites is 1. The minimum atomic E-state index is -0.318. The molecule has 1 atom stereocenters. The number of aryl methyl sites for hydroxylation is 1. The first-order chi connectivity index (χ1) is 12.1. The highest BCUT2D eigenvalue weighted by Crippen LogP contribution is 2.44. The average molecular weight is 356 g/mol. The Bertz CT molecular complexity index is 809. The Morgan fingerprint density at radius 3 is 2.76 bits per heavy atom. The molecule has 2 aliphatic rings. The lowest BCUT2D eigenvalue weighted by atomic mass is 9.78. The lowest BCUT2D eigenvalue weighted by Crippen LogP contribution is -2.48. The molecule has 0 bridgehead atoms. The van der Waals surface area contributed by atoms with Crippen molar-refractivity contribution in [3.8, 4) is 0 Å². The van der Waals surface area contributed by atoms with E-state index >= 15 is 0 Å². The molecule has 0 unspecified atom stereocenters. The number of halogens is 1. The molecule has 1 aromatic carbocycles. The highest BCUT2D eigenvalue weighted by molar-refractivity contribution is 6.34. The Morgan fingerprint density at radius 1 is 1.12 bits per heavy atom. The number of pyridine rings is 1. The third-order valence-corrected chi connectivity index (χ3v) is 5.83. The number of hydrogen-bond donors (Lipinski definition) is 0. The second kappa shape index (κ2) is 6.34. The van der Waals surface area contributed by atoms with Crippen molar-refractivity contribution in [3.63, 3.8) is 0 Å². The van der Waals surface area contributed by atoms with Crippen LogP contribution < -0.4 is 9.80 Å². The van der Waals surface area contributed by atoms with Crippen molar-refractivity contribution < 1.29 is 4.79 Å². The van der Waals surface area contributed by atoms with Crippen LogP contribution in [0.4, 0.5) is 11.5 Å². The SMILES string of the molecule is Cc1cccnc1N1CCC[C@]2(CCN(c3ccccc3Cl)C2=O)C1. The quantitative estimate of drug-likeness (QED) is 0.814. The molecule has 0 N–H and O–H groups in total. The number of piperidine rings is 1. The standard InChI is InChI=1S/C20H22ClN3O/c1-15-6-4-11-22-18(15)23-12-5-9-20(14-23)10-13-24(19(20)25)17-8-3-2-7-16(17)21/h2-4,6-8,11H,5,9-10,12-14H2,1H3/t20-/m0/s1. The van der Waals surface area contributed by atoms with Crippen LogP contribution in [0.25, 0.3) is 0 Å². The van der Waals surface area contributed by atoms with Gasteiger partial charge in [0.15, 0.2) is 0 Å². The van der Waals surface area contributed by atoms with E-state index < -0.39 is 0 Å². The summed E-state index contributed by atoms with van der Waals surface area (Å²) in [6, 6.07) is 11.6. The molecule has 0 saturated carbocycles. The molecule has 0 aliphatic carbocycles. The van der Waals surface area contributed by atoms with Crippen LogP contribution in [0.15, 0.2) is 42.6 Å². The van der Waals surface area contributed by atoms with Crippen LogP contribution >= 0.6 is 11.6 Å². The summed E-state index contributed by atoms with van der Waals surface area (Å²) >= 11 is 6.33. The van der Waals surface area contributed by atoms with Gasteiger partial charge in [0, 0.05) is 25.8 Å². The maximum Gasteiger partial charge on any atom is 0.235 e. The number of benzene rings is 1. The average Bonchev–Trinajstić information content (AvgIpc) is 2.92. The fraction of sp³-hybridized carbons (Fsp3) is 0.400. The van der Waals surface area contributed by atoms with Crippen LogP contribution in [0.5, 0.6) is 0 Å². The van der Waals surface area contributed by atoms with Crippen molar-refractivity contribution in [1.29, 1.82) is 0 Å². The van der Waals surface area contributed by atoms with Crippen molar-refractivity contribution in [2.45, 2.75) is 26.2 Å². The molecule has 1 amide bonds. The molecule has 2 aliphatic heterocycles. The number of hydrogen-bond acceptors (Lipinski definition) is 3. The third-order valence-electron chi connectivity index (χ3n) is 5.51. The molecule has 1 aromatic heterocycles. The van der Waals surface area contributed by atoms with E-state index in [4.69, 9.17) is 11.6 Å². The van der Waals surface area contributed by atoms with Gasteiger partial charge in [0.1, 0.15) is 5.82 Å². The van der Waals surface area contributed by atoms with Gasteiger partial charge < -0.3 is 9.80 Å². The fourth-order valence-electron chi connectivity index (χ4n) is 4.22. The minimum Gasteiger partial charge on any atom is -0.355 e. The van der Waals surface area contributed by atoms with Crippen molar-refractivity contribution in [2.24, 2.45) is 5.41 Å². The third kappa shape index (κ3) is 2.78. The summed E-state index contributed by atoms with van der Waals surface area (Å²) in [5.74, 6) is 1.21. The monoisotopic (exact) mass is 355 g/mol. The summed E-state index contributed by atoms with van der Waals surface area (Å²) < 4.78 is 0. The lowest BCUT2D eigenvalue weighted by molar-refractivity contribution is -0.126. The van der Waals surface area contributed by atoms with Crippen LogP contribution in [0.1, 0.15) is 24.8 Å². The first kappa shape index (κ1) is 16.4. The second-order valence-corrected chi connectivity index (χ2v) is 7.51. The molecular weight excluding hydrogens is 334 g/mol. The van der Waals surface area contributed by atoms with E-state index in [9.17, 15) is 4.79 Å². The summed E-state index contributed by atoms with van der Waals surface area (Å²) in [6.07, 6.45) is 4.66. The van der Waals surface area contributed by atoms with Gasteiger partial charge in [-0.2, -0.15) is 0 Å². The van der Waals surface area contributed by atoms with E-state index in [1.165, 1.54) is 0 Å². The highest BCUT2D eigenvalue weighted by atomic mass is 35.5. The maximum atomic E-state index is 13.3. The molecule has 1 spiro atoms. The molecule has 2 aromatic rings. The zero-order chi connectivity index (χ0) is 17.4. The van der Waals surface area contributed by atoms with Gasteiger partial charge >= 0.3 is 0 Å². The summed E-state index contributed by atoms with van der Waals surface area (Å²) in [4.78, 5) is 22.0. The van der Waals surface area contributed by atoms with E-state index in [0.29, 0.717) is 5.02 Å². The predicted octanol–water partition coefficient (Wildman–Crippen LogP) is 4.07. The molecule has 2 saturated heterocycles. The van der Waals surface area contributed by atoms with E-state index in [0.717, 1.165) is 56.0 Å². The van der Waals surface area contributed by atoms with Gasteiger partial charge in [0.25, 0.3) is 0 Å². The van der Waals surface area contributed by atoms with Crippen LogP contribution in [0.3, 0.4) is 0 Å². The fourth-order valence-corrected chi connectivity index (χ4v) is 4.46. The van der Waals surface area contributed by atoms with E-state index in [-0.39, 0.29) is 11.3 Å². The van der Waals surface area contributed by atoms with E-state index in [1.807, 2.05) is 41.4 Å². The predicted molar refractivity (Wildman–Crippen MR) is 101 cm³/mol. The summed E-state index contributed by atoms with van der Waals surface area (Å²) in [5, 5.41) is 0.640. The van der Waals surface area contributed by atoms with Crippen LogP contribution in [-0.4, -0.2) is 30.5 Å². The smallest absolute Gasteiger partial charge is 0.235 e. The normalized spacial score (nSPS) is 23.5. The van der Waals surface area contributed by atoms with Crippen molar-refractivity contribution in [2.75, 3.05) is 29.4 Å². The zero-order valence-electron chi connectivity index (χ0n) is 14.4. The van der Waals surface area contributed by atoms with Crippen LogP contribution in [-0.2, 0) is 4.79 Å². The Balaban J connectivity index is 1.61. The molecule has 4 nitrogen and oxygen atoms in total. The number of carbonyl (C=O) groups excluding carboxylic acids is 1. The van der Waals surface area contributed by atoms with Crippen molar-refractivity contribution in [3.05, 3.63) is 53.2 Å². The number of amides is 1. The van der Waals surface area contributed by atoms with Gasteiger partial charge in [-0.25, -0.2) is 4.98 Å². The maximum absolute atomic E-state index is 13.3. The van der Waals surface area contributed by atoms with Crippen LogP contribution in [0.2, 0.25) is 5.02 Å². The van der Waals surface area contributed by atoms with Gasteiger partial charge in [-0.1, -0.05) is 29.8 Å². The second-order valence-electron chi connectivity index (χ2n) is 7.11. The van der Waals surface area contributed by atoms with Gasteiger partial charge in [0.2, 0.25) is 5.91 Å². The Morgan fingerprint density at radius 2 is 1.96 bits per heavy atom. The minimum absolute atomic E-state index is 0.207. The lowest BCUT2D eigenvalue weighted by Gasteiger charge is -2.40. The Labute approximate surface area is 153 Å². The van der Waals surface area contributed by atoms with Gasteiger partial charge in [0.05, 0.1) is 16.1 Å². The number of aromatic nitrogens is 1. The molecule has 130 valence electrons. The molecule has 25 heavy (non-hydrogen) atoms. The number of rotatable bonds is 2. The number of carbonyl (C=O) groups is 1. The van der Waals surface area contributed by atoms with E-state index in [1.54, 1.807) is 0 Å². The van der Waals surface area contributed by atoms with Gasteiger partial charge in [-0.3, -0.25) is 4.79 Å². The highest BCUT2D eigenvalue weighted by Gasteiger charge is 2.49. The molecule has 4 rings (SSSR count). The number of nitrogens with zero attached hydrogens (tertiary/aromatic N) is 3. The first-order valence-electron chi connectivity index (χ1n) is 8.84. The number of anilines is 2. The summed E-state index contributed by atoms with van der Waals surface area (Å²) in [7, 11) is 0. The Kier molecular flexibility index (Phi) is 4.16. The summed E-state index contributed by atoms with van der Waals surface area (Å²) in [5.41, 5.74) is 1.67. The van der Waals surface area contributed by atoms with Crippen molar-refractivity contribution in [1.82, 2.24) is 4.98 Å². The molecule has 2 fully saturated rings. The van der Waals surface area contributed by atoms with Gasteiger partial charge in [-0.05, 0) is 49.9 Å². The molecule has 0 radical (unpaired) electrons. The molecule has 3 heterocycles. The Hall–Kier alpha value is -2.07. The van der Waals surface area contributed by atoms with E-state index in [2.05, 4.69) is 22.9 Å². The van der Waals surface area contributed by atoms with Crippen molar-refractivity contribution >= 4 is 29.0 Å². The molecule has 5 heteroatoms. The van der Waals surface area contributed by atoms with Gasteiger partial charge in [-0.15, -0.1) is 0 Å². The topological polar surface area (TPSA) is 36.4 Å². The van der Waals surface area contributed by atoms with Crippen LogP contribution in [0, 0.1) is 12.3 Å². The first-order valence-corrected chi connectivity index (χ1v) is 9.22. The zero-order valence-corrected chi connectivity index (χ0v) is 15.2. The summed E-state index contributed by atoms with van der Waals surface area (Å²) in [6.45, 7) is 4.51. The molecular formula is C20H22ClN3O.